The number of aromatic nitrogens is 2. The highest BCUT2D eigenvalue weighted by atomic mass is 79.9. The fourth-order valence-electron chi connectivity index (χ4n) is 2.62. The van der Waals surface area contributed by atoms with Crippen LogP contribution in [0, 0.1) is 0 Å². The van der Waals surface area contributed by atoms with Gasteiger partial charge in [-0.25, -0.2) is 9.36 Å². The number of H-pyrrole nitrogens is 1. The van der Waals surface area contributed by atoms with Crippen LogP contribution < -0.4 is 31.7 Å². The molecule has 30 heavy (non-hydrogen) atoms. The quantitative estimate of drug-likeness (QED) is 0.226. The van der Waals surface area contributed by atoms with Gasteiger partial charge in [-0.05, 0) is 39.0 Å². The summed E-state index contributed by atoms with van der Waals surface area (Å²) in [4.78, 5) is 15.6. The van der Waals surface area contributed by atoms with E-state index in [0.29, 0.717) is 6.54 Å². The van der Waals surface area contributed by atoms with Crippen molar-refractivity contribution < 1.29 is 31.1 Å². The first-order chi connectivity index (χ1) is 13.9. The number of thiazole rings is 1. The normalized spacial score (nSPS) is 12.2. The molecule has 9 heteroatoms. The fraction of sp³-hybridized carbons (Fsp3) is 0.333. The van der Waals surface area contributed by atoms with Crippen molar-refractivity contribution in [3.05, 3.63) is 59.2 Å². The van der Waals surface area contributed by atoms with Crippen LogP contribution in [0.5, 0.6) is 0 Å². The van der Waals surface area contributed by atoms with Crippen LogP contribution in [0.25, 0.3) is 10.2 Å². The number of carbonyl (C=O) groups is 1. The van der Waals surface area contributed by atoms with Crippen molar-refractivity contribution >= 4 is 33.9 Å². The summed E-state index contributed by atoms with van der Waals surface area (Å²) in [6.45, 7) is 6.87. The molecule has 0 aliphatic heterocycles. The highest BCUT2D eigenvalue weighted by Crippen LogP contribution is 2.12. The van der Waals surface area contributed by atoms with Gasteiger partial charge < -0.3 is 32.0 Å². The van der Waals surface area contributed by atoms with Crippen LogP contribution in [0.4, 0.5) is 4.79 Å². The molecule has 2 aromatic heterocycles. The van der Waals surface area contributed by atoms with E-state index in [9.17, 15) is 4.79 Å². The molecule has 1 aromatic carbocycles. The number of ether oxygens (including phenoxy) is 1. The molecular formula is C21H26BrN5O2S. The van der Waals surface area contributed by atoms with Gasteiger partial charge in [0.25, 0.3) is 0 Å². The van der Waals surface area contributed by atoms with Crippen LogP contribution in [-0.4, -0.2) is 29.4 Å². The lowest BCUT2D eigenvalue weighted by Gasteiger charge is -2.19. The van der Waals surface area contributed by atoms with Gasteiger partial charge in [0.15, 0.2) is 12.4 Å². The molecule has 0 saturated heterocycles. The van der Waals surface area contributed by atoms with Gasteiger partial charge in [0.05, 0.1) is 22.0 Å². The van der Waals surface area contributed by atoms with E-state index in [1.165, 1.54) is 0 Å². The predicted octanol–water partition coefficient (Wildman–Crippen LogP) is 0.371. The van der Waals surface area contributed by atoms with Gasteiger partial charge in [0.2, 0.25) is 4.80 Å². The van der Waals surface area contributed by atoms with Gasteiger partial charge in [0.1, 0.15) is 12.1 Å². The zero-order valence-electron chi connectivity index (χ0n) is 17.3. The van der Waals surface area contributed by atoms with Gasteiger partial charge in [-0.3, -0.25) is 0 Å². The van der Waals surface area contributed by atoms with Crippen molar-refractivity contribution in [3.8, 4) is 0 Å². The van der Waals surface area contributed by atoms with Gasteiger partial charge in [-0.15, -0.1) is 5.10 Å². The zero-order valence-corrected chi connectivity index (χ0v) is 19.7. The topological polar surface area (TPSA) is 82.7 Å². The highest BCUT2D eigenvalue weighted by molar-refractivity contribution is 7.16. The number of para-hydroxylation sites is 1. The van der Waals surface area contributed by atoms with Gasteiger partial charge in [-0.1, -0.05) is 23.5 Å². The smallest absolute Gasteiger partial charge is 0.407 e. The standard InChI is InChI=1S/C21H25N5O2S.BrH/c1-21(2,3)28-20(27)22-11-7-13-26-12-6-8-16(15-26)14-23-25-19-24-17-9-4-5-10-18(17)29-19;/h4-6,8-10,12,14-15H,7,11,13H2,1-3H3,(H-,22,24,25,27);1H. The number of amides is 1. The van der Waals surface area contributed by atoms with E-state index in [1.807, 2.05) is 63.5 Å². The van der Waals surface area contributed by atoms with Crippen molar-refractivity contribution in [3.63, 3.8) is 0 Å². The number of alkyl carbamates (subject to hydrolysis) is 1. The Balaban J connectivity index is 0.00000320. The molecule has 0 radical (unpaired) electrons. The molecule has 1 amide bonds. The first-order valence-electron chi connectivity index (χ1n) is 9.50. The molecule has 0 aliphatic carbocycles. The summed E-state index contributed by atoms with van der Waals surface area (Å²) in [7, 11) is 0. The van der Waals surface area contributed by atoms with Crippen LogP contribution in [-0.2, 0) is 11.3 Å². The molecule has 0 bridgehead atoms. The van der Waals surface area contributed by atoms with E-state index in [2.05, 4.69) is 31.1 Å². The molecule has 2 N–H and O–H groups in total. The Bertz CT molecular complexity index is 1030. The first kappa shape index (κ1) is 23.8. The largest absolute Gasteiger partial charge is 1.00 e. The second kappa shape index (κ2) is 11.0. The maximum atomic E-state index is 11.6. The maximum Gasteiger partial charge on any atom is 0.407 e. The molecule has 160 valence electrons. The minimum Gasteiger partial charge on any atom is -1.00 e. The Hall–Kier alpha value is -2.52. The van der Waals surface area contributed by atoms with E-state index in [4.69, 9.17) is 4.74 Å². The van der Waals surface area contributed by atoms with E-state index in [1.54, 1.807) is 17.6 Å². The number of halogens is 1. The van der Waals surface area contributed by atoms with Crippen LogP contribution >= 0.6 is 11.3 Å². The number of pyridine rings is 1. The maximum absolute atomic E-state index is 11.6. The predicted molar refractivity (Wildman–Crippen MR) is 115 cm³/mol. The molecule has 0 saturated carbocycles. The van der Waals surface area contributed by atoms with Crippen molar-refractivity contribution in [1.29, 1.82) is 0 Å². The van der Waals surface area contributed by atoms with Gasteiger partial charge in [-0.2, -0.15) is 5.10 Å². The van der Waals surface area contributed by atoms with Gasteiger partial charge in [0, 0.05) is 19.0 Å². The number of carbonyl (C=O) groups excluding carboxylic acids is 1. The second-order valence-corrected chi connectivity index (χ2v) is 8.56. The average Bonchev–Trinajstić information content (AvgIpc) is 3.07. The summed E-state index contributed by atoms with van der Waals surface area (Å²) < 4.78 is 8.43. The minimum atomic E-state index is -0.481. The van der Waals surface area contributed by atoms with Crippen LogP contribution in [0.1, 0.15) is 32.8 Å². The van der Waals surface area contributed by atoms with Crippen molar-refractivity contribution in [2.75, 3.05) is 6.54 Å². The van der Waals surface area contributed by atoms with E-state index in [0.717, 1.165) is 33.5 Å². The minimum absolute atomic E-state index is 0. The summed E-state index contributed by atoms with van der Waals surface area (Å²) in [6, 6.07) is 12.0. The van der Waals surface area contributed by atoms with Crippen molar-refractivity contribution in [2.45, 2.75) is 39.3 Å². The van der Waals surface area contributed by atoms with Crippen LogP contribution in [0.2, 0.25) is 0 Å². The third-order valence-electron chi connectivity index (χ3n) is 3.83. The molecule has 2 heterocycles. The summed E-state index contributed by atoms with van der Waals surface area (Å²) in [5.74, 6) is 0. The molecule has 0 spiro atoms. The molecule has 3 rings (SSSR count). The van der Waals surface area contributed by atoms with Crippen molar-refractivity contribution in [2.24, 2.45) is 10.2 Å². The number of nitrogens with one attached hydrogen (secondary N) is 2. The lowest BCUT2D eigenvalue weighted by molar-refractivity contribution is -0.697. The number of aromatic amines is 1. The number of benzene rings is 1. The lowest BCUT2D eigenvalue weighted by atomic mass is 10.2. The Morgan fingerprint density at radius 1 is 1.27 bits per heavy atom. The SMILES string of the molecule is CC(C)(C)OC(=O)NCCC[n+]1cccc(C=NN=c2[nH]c3ccccc3s2)c1.[Br-]. The van der Waals surface area contributed by atoms with E-state index >= 15 is 0 Å². The van der Waals surface area contributed by atoms with Crippen molar-refractivity contribution in [1.82, 2.24) is 10.3 Å². The monoisotopic (exact) mass is 491 g/mol. The Morgan fingerprint density at radius 2 is 2.07 bits per heavy atom. The molecule has 0 unspecified atom stereocenters. The third kappa shape index (κ3) is 7.72. The number of nitrogens with zero attached hydrogens (tertiary/aromatic N) is 3. The highest BCUT2D eigenvalue weighted by Gasteiger charge is 2.15. The molecular weight excluding hydrogens is 466 g/mol. The summed E-state index contributed by atoms with van der Waals surface area (Å²) in [6.07, 6.45) is 6.13. The molecule has 7 nitrogen and oxygen atoms in total. The number of hydrogen-bond acceptors (Lipinski definition) is 5. The van der Waals surface area contributed by atoms with Gasteiger partial charge >= 0.3 is 6.09 Å². The Kier molecular flexibility index (Phi) is 8.73. The summed E-state index contributed by atoms with van der Waals surface area (Å²) >= 11 is 1.57. The molecule has 0 fully saturated rings. The number of aryl methyl sites for hydroxylation is 1. The summed E-state index contributed by atoms with van der Waals surface area (Å²) in [5.41, 5.74) is 1.53. The Morgan fingerprint density at radius 3 is 2.83 bits per heavy atom. The molecule has 0 aliphatic rings. The summed E-state index contributed by atoms with van der Waals surface area (Å²) in [5, 5.41) is 11.2. The lowest BCUT2D eigenvalue weighted by Crippen LogP contribution is -3.00. The zero-order chi connectivity index (χ0) is 20.7. The average molecular weight is 492 g/mol. The second-order valence-electron chi connectivity index (χ2n) is 7.53. The Labute approximate surface area is 190 Å². The number of hydrogen-bond donors (Lipinski definition) is 2. The fourth-order valence-corrected chi connectivity index (χ4v) is 3.45. The number of fused-ring (bicyclic) bond motifs is 1. The number of rotatable bonds is 6. The third-order valence-corrected chi connectivity index (χ3v) is 4.79. The van der Waals surface area contributed by atoms with E-state index in [-0.39, 0.29) is 23.1 Å². The van der Waals surface area contributed by atoms with Crippen LogP contribution in [0.3, 0.4) is 0 Å². The van der Waals surface area contributed by atoms with E-state index < -0.39 is 5.60 Å². The molecule has 0 atom stereocenters. The molecule has 3 aromatic rings. The first-order valence-corrected chi connectivity index (χ1v) is 10.3. The van der Waals surface area contributed by atoms with Crippen LogP contribution in [0.15, 0.2) is 59.0 Å².